The minimum absolute atomic E-state index is 0.0947. The Labute approximate surface area is 203 Å². The van der Waals surface area contributed by atoms with Gasteiger partial charge in [-0.3, -0.25) is 4.79 Å². The van der Waals surface area contributed by atoms with Gasteiger partial charge in [0.05, 0.1) is 11.7 Å². The molecule has 0 spiro atoms. The third-order valence-corrected chi connectivity index (χ3v) is 7.44. The number of hydrogen-bond acceptors (Lipinski definition) is 1. The van der Waals surface area contributed by atoms with Crippen molar-refractivity contribution in [2.24, 2.45) is 7.05 Å². The summed E-state index contributed by atoms with van der Waals surface area (Å²) in [5.41, 5.74) is 8.04. The zero-order valence-corrected chi connectivity index (χ0v) is 20.7. The highest BCUT2D eigenvalue weighted by molar-refractivity contribution is 6.02. The van der Waals surface area contributed by atoms with Crippen LogP contribution in [0.3, 0.4) is 0 Å². The normalized spacial score (nSPS) is 16.3. The zero-order valence-electron chi connectivity index (χ0n) is 20.7. The molecule has 0 saturated carbocycles. The summed E-state index contributed by atoms with van der Waals surface area (Å²) >= 11 is 0. The first-order chi connectivity index (χ1) is 16.5. The number of aryl methyl sites for hydroxylation is 2. The van der Waals surface area contributed by atoms with E-state index in [9.17, 15) is 4.79 Å². The predicted octanol–water partition coefficient (Wildman–Crippen LogP) is 7.67. The average Bonchev–Trinajstić information content (AvgIpc) is 3.31. The van der Waals surface area contributed by atoms with Gasteiger partial charge in [0.15, 0.2) is 0 Å². The molecule has 0 N–H and O–H groups in total. The second-order valence-corrected chi connectivity index (χ2v) is 9.75. The summed E-state index contributed by atoms with van der Waals surface area (Å²) < 4.78 is 2.31. The van der Waals surface area contributed by atoms with Crippen LogP contribution in [0.4, 0.5) is 0 Å². The Morgan fingerprint density at radius 3 is 2.38 bits per heavy atom. The van der Waals surface area contributed by atoms with E-state index in [0.29, 0.717) is 0 Å². The van der Waals surface area contributed by atoms with Crippen molar-refractivity contribution in [3.8, 4) is 11.3 Å². The Morgan fingerprint density at radius 1 is 0.912 bits per heavy atom. The van der Waals surface area contributed by atoms with Gasteiger partial charge in [-0.05, 0) is 43.5 Å². The van der Waals surface area contributed by atoms with E-state index in [1.54, 1.807) is 0 Å². The lowest BCUT2D eigenvalue weighted by molar-refractivity contribution is 0.0668. The number of nitrogens with zero attached hydrogens (tertiary/aromatic N) is 2. The van der Waals surface area contributed by atoms with Crippen LogP contribution in [0.25, 0.3) is 22.2 Å². The minimum Gasteiger partial charge on any atom is -0.343 e. The smallest absolute Gasteiger partial charge is 0.255 e. The molecule has 0 saturated heterocycles. The van der Waals surface area contributed by atoms with E-state index in [1.165, 1.54) is 46.1 Å². The number of rotatable bonds is 7. The summed E-state index contributed by atoms with van der Waals surface area (Å²) in [4.78, 5) is 16.0. The lowest BCUT2D eigenvalue weighted by Crippen LogP contribution is -2.37. The minimum atomic E-state index is -0.0947. The van der Waals surface area contributed by atoms with Crippen LogP contribution in [0, 0.1) is 6.92 Å². The van der Waals surface area contributed by atoms with Gasteiger partial charge in [-0.2, -0.15) is 0 Å². The molecule has 0 aliphatic carbocycles. The van der Waals surface area contributed by atoms with Crippen LogP contribution in [0.15, 0.2) is 72.8 Å². The lowest BCUT2D eigenvalue weighted by Gasteiger charge is -2.32. The highest BCUT2D eigenvalue weighted by Crippen LogP contribution is 2.47. The highest BCUT2D eigenvalue weighted by Gasteiger charge is 2.42. The van der Waals surface area contributed by atoms with E-state index in [4.69, 9.17) is 0 Å². The molecule has 174 valence electrons. The zero-order chi connectivity index (χ0) is 23.8. The Bertz CT molecular complexity index is 1330. The van der Waals surface area contributed by atoms with Gasteiger partial charge in [0.1, 0.15) is 0 Å². The number of carbonyl (C=O) groups is 1. The van der Waals surface area contributed by atoms with E-state index in [1.807, 2.05) is 12.1 Å². The first-order valence-corrected chi connectivity index (χ1v) is 12.6. The highest BCUT2D eigenvalue weighted by atomic mass is 16.2. The maximum atomic E-state index is 13.8. The summed E-state index contributed by atoms with van der Waals surface area (Å²) in [5.74, 6) is 0.160. The average molecular weight is 451 g/mol. The molecular weight excluding hydrogens is 416 g/mol. The maximum Gasteiger partial charge on any atom is 0.255 e. The second-order valence-electron chi connectivity index (χ2n) is 9.75. The molecule has 1 aliphatic heterocycles. The van der Waals surface area contributed by atoms with Gasteiger partial charge in [0.25, 0.3) is 5.91 Å². The van der Waals surface area contributed by atoms with Crippen LogP contribution >= 0.6 is 0 Å². The van der Waals surface area contributed by atoms with Crippen LogP contribution in [-0.2, 0) is 7.05 Å². The number of amides is 1. The molecule has 2 unspecified atom stereocenters. The predicted molar refractivity (Wildman–Crippen MR) is 141 cm³/mol. The fourth-order valence-electron chi connectivity index (χ4n) is 5.67. The molecule has 4 aromatic rings. The molecule has 3 heteroatoms. The number of unbranched alkanes of at least 4 members (excludes halogenated alkanes) is 2. The van der Waals surface area contributed by atoms with E-state index in [-0.39, 0.29) is 18.0 Å². The van der Waals surface area contributed by atoms with Crippen LogP contribution in [0.1, 0.15) is 72.6 Å². The van der Waals surface area contributed by atoms with Gasteiger partial charge < -0.3 is 9.47 Å². The first kappa shape index (κ1) is 22.5. The van der Waals surface area contributed by atoms with Crippen molar-refractivity contribution in [2.45, 2.75) is 58.5 Å². The molecule has 5 rings (SSSR count). The fraction of sp³-hybridized carbons (Fsp3) is 0.323. The monoisotopic (exact) mass is 450 g/mol. The van der Waals surface area contributed by atoms with Crippen LogP contribution in [0.2, 0.25) is 0 Å². The molecule has 1 aromatic heterocycles. The lowest BCUT2D eigenvalue weighted by atomic mass is 9.92. The van der Waals surface area contributed by atoms with Crippen molar-refractivity contribution in [1.29, 1.82) is 0 Å². The van der Waals surface area contributed by atoms with Crippen LogP contribution < -0.4 is 0 Å². The summed E-state index contributed by atoms with van der Waals surface area (Å²) in [6, 6.07) is 25.7. The second kappa shape index (κ2) is 9.13. The van der Waals surface area contributed by atoms with Gasteiger partial charge in [-0.15, -0.1) is 0 Å². The molecule has 3 nitrogen and oxygen atoms in total. The maximum absolute atomic E-state index is 13.8. The van der Waals surface area contributed by atoms with E-state index in [2.05, 4.69) is 97.9 Å². The number of para-hydroxylation sites is 1. The SMILES string of the molecule is CCCCCC(C)N1C(=O)c2ccccc2C1c1c(-c2ccc(C)cc2)n(C)c2ccccc12. The van der Waals surface area contributed by atoms with E-state index >= 15 is 0 Å². The number of hydrogen-bond donors (Lipinski definition) is 0. The molecular formula is C31H34N2O. The summed E-state index contributed by atoms with van der Waals surface area (Å²) in [7, 11) is 2.15. The molecule has 2 atom stereocenters. The van der Waals surface area contributed by atoms with Crippen LogP contribution in [0.5, 0.6) is 0 Å². The van der Waals surface area contributed by atoms with Crippen molar-refractivity contribution >= 4 is 16.8 Å². The van der Waals surface area contributed by atoms with Gasteiger partial charge in [-0.1, -0.05) is 92.4 Å². The fourth-order valence-corrected chi connectivity index (χ4v) is 5.67. The van der Waals surface area contributed by atoms with Crippen molar-refractivity contribution in [3.05, 3.63) is 95.1 Å². The standard InChI is InChI=1S/C31H34N2O/c1-5-6-7-12-22(3)33-30(24-13-8-9-14-25(24)31(33)34)28-26-15-10-11-16-27(26)32(4)29(28)23-19-17-21(2)18-20-23/h8-11,13-20,22,30H,5-7,12H2,1-4H3. The van der Waals surface area contributed by atoms with Crippen molar-refractivity contribution < 1.29 is 4.79 Å². The first-order valence-electron chi connectivity index (χ1n) is 12.6. The molecule has 0 radical (unpaired) electrons. The van der Waals surface area contributed by atoms with Gasteiger partial charge in [-0.25, -0.2) is 0 Å². The quantitative estimate of drug-likeness (QED) is 0.265. The Kier molecular flexibility index (Phi) is 6.03. The van der Waals surface area contributed by atoms with Crippen molar-refractivity contribution in [2.75, 3.05) is 0 Å². The van der Waals surface area contributed by atoms with E-state index < -0.39 is 0 Å². The number of aromatic nitrogens is 1. The summed E-state index contributed by atoms with van der Waals surface area (Å²) in [6.45, 7) is 6.58. The largest absolute Gasteiger partial charge is 0.343 e. The van der Waals surface area contributed by atoms with Crippen LogP contribution in [-0.4, -0.2) is 21.4 Å². The Hall–Kier alpha value is -3.33. The van der Waals surface area contributed by atoms with Crippen molar-refractivity contribution in [3.63, 3.8) is 0 Å². The molecule has 0 fully saturated rings. The third-order valence-electron chi connectivity index (χ3n) is 7.44. The third kappa shape index (κ3) is 3.64. The molecule has 1 aliphatic rings. The molecule has 1 amide bonds. The number of fused-ring (bicyclic) bond motifs is 2. The molecule has 34 heavy (non-hydrogen) atoms. The van der Waals surface area contributed by atoms with Gasteiger partial charge in [0, 0.05) is 35.1 Å². The number of carbonyl (C=O) groups excluding carboxylic acids is 1. The Morgan fingerprint density at radius 2 is 1.62 bits per heavy atom. The summed E-state index contributed by atoms with van der Waals surface area (Å²) in [5, 5.41) is 1.22. The Balaban J connectivity index is 1.76. The molecule has 3 aromatic carbocycles. The topological polar surface area (TPSA) is 25.2 Å². The van der Waals surface area contributed by atoms with Gasteiger partial charge >= 0.3 is 0 Å². The van der Waals surface area contributed by atoms with E-state index in [0.717, 1.165) is 24.0 Å². The summed E-state index contributed by atoms with van der Waals surface area (Å²) in [6.07, 6.45) is 4.55. The number of benzene rings is 3. The van der Waals surface area contributed by atoms with Crippen molar-refractivity contribution in [1.82, 2.24) is 9.47 Å². The molecule has 0 bridgehead atoms. The van der Waals surface area contributed by atoms with Gasteiger partial charge in [0.2, 0.25) is 0 Å². The molecule has 2 heterocycles.